The molecule has 0 radical (unpaired) electrons. The third-order valence-electron chi connectivity index (χ3n) is 4.30. The van der Waals surface area contributed by atoms with Gasteiger partial charge in [-0.15, -0.1) is 5.10 Å². The molecule has 2 aromatic carbocycles. The van der Waals surface area contributed by atoms with E-state index in [1.807, 2.05) is 55.5 Å². The summed E-state index contributed by atoms with van der Waals surface area (Å²) in [5, 5.41) is 8.60. The zero-order valence-electron chi connectivity index (χ0n) is 17.9. The van der Waals surface area contributed by atoms with E-state index in [1.165, 1.54) is 0 Å². The van der Waals surface area contributed by atoms with Crippen LogP contribution in [0.2, 0.25) is 0 Å². The van der Waals surface area contributed by atoms with Gasteiger partial charge in [0.05, 0.1) is 19.8 Å². The molecular weight excluding hydrogens is 378 g/mol. The normalized spacial score (nSPS) is 10.6. The topological polar surface area (TPSA) is 66.4 Å². The molecule has 0 saturated heterocycles. The summed E-state index contributed by atoms with van der Waals surface area (Å²) in [6, 6.07) is 16.0. The summed E-state index contributed by atoms with van der Waals surface area (Å²) >= 11 is 0. The molecule has 0 unspecified atom stereocenters. The van der Waals surface area contributed by atoms with Gasteiger partial charge < -0.3 is 14.2 Å². The lowest BCUT2D eigenvalue weighted by Gasteiger charge is -2.11. The van der Waals surface area contributed by atoms with E-state index in [0.29, 0.717) is 25.5 Å². The van der Waals surface area contributed by atoms with Gasteiger partial charge in [0.1, 0.15) is 22.9 Å². The SMILES string of the molecule is CCCOc1ccc(-c2nnc(OCCC)nc2-c2ccc(OCCC)cc2)cc1. The summed E-state index contributed by atoms with van der Waals surface area (Å²) in [5.41, 5.74) is 3.27. The molecule has 1 heterocycles. The van der Waals surface area contributed by atoms with Gasteiger partial charge in [-0.2, -0.15) is 4.98 Å². The molecule has 3 aromatic rings. The van der Waals surface area contributed by atoms with E-state index in [2.05, 4.69) is 29.0 Å². The molecular formula is C24H29N3O3. The van der Waals surface area contributed by atoms with Crippen molar-refractivity contribution >= 4 is 0 Å². The summed E-state index contributed by atoms with van der Waals surface area (Å²) in [7, 11) is 0. The largest absolute Gasteiger partial charge is 0.494 e. The van der Waals surface area contributed by atoms with E-state index in [0.717, 1.165) is 47.6 Å². The summed E-state index contributed by atoms with van der Waals surface area (Å²) in [6.45, 7) is 8.16. The first-order valence-electron chi connectivity index (χ1n) is 10.6. The lowest BCUT2D eigenvalue weighted by Crippen LogP contribution is -2.04. The van der Waals surface area contributed by atoms with Gasteiger partial charge in [-0.25, -0.2) is 0 Å². The highest BCUT2D eigenvalue weighted by Gasteiger charge is 2.15. The fraction of sp³-hybridized carbons (Fsp3) is 0.375. The molecule has 158 valence electrons. The molecule has 0 spiro atoms. The van der Waals surface area contributed by atoms with Crippen molar-refractivity contribution in [1.29, 1.82) is 0 Å². The van der Waals surface area contributed by atoms with Gasteiger partial charge in [-0.3, -0.25) is 0 Å². The Kier molecular flexibility index (Phi) is 8.01. The molecule has 0 aliphatic heterocycles. The molecule has 0 aliphatic rings. The smallest absolute Gasteiger partial charge is 0.336 e. The van der Waals surface area contributed by atoms with Crippen LogP contribution in [0.3, 0.4) is 0 Å². The Morgan fingerprint density at radius 2 is 1.03 bits per heavy atom. The summed E-state index contributed by atoms with van der Waals surface area (Å²) in [4.78, 5) is 4.65. The molecule has 0 amide bonds. The molecule has 3 rings (SSSR count). The Labute approximate surface area is 178 Å². The molecule has 30 heavy (non-hydrogen) atoms. The van der Waals surface area contributed by atoms with Crippen molar-refractivity contribution in [2.24, 2.45) is 0 Å². The summed E-state index contributed by atoms with van der Waals surface area (Å²) in [6.07, 6.45) is 2.82. The van der Waals surface area contributed by atoms with Crippen LogP contribution in [0.4, 0.5) is 0 Å². The van der Waals surface area contributed by atoms with E-state index >= 15 is 0 Å². The van der Waals surface area contributed by atoms with Crippen molar-refractivity contribution in [3.05, 3.63) is 48.5 Å². The third kappa shape index (κ3) is 5.69. The maximum absolute atomic E-state index is 5.70. The molecule has 0 bridgehead atoms. The zero-order chi connectivity index (χ0) is 21.2. The van der Waals surface area contributed by atoms with Gasteiger partial charge in [0.15, 0.2) is 0 Å². The van der Waals surface area contributed by atoms with Crippen molar-refractivity contribution in [3.63, 3.8) is 0 Å². The van der Waals surface area contributed by atoms with Crippen LogP contribution in [0.15, 0.2) is 48.5 Å². The highest BCUT2D eigenvalue weighted by molar-refractivity contribution is 5.78. The van der Waals surface area contributed by atoms with Gasteiger partial charge >= 0.3 is 6.01 Å². The van der Waals surface area contributed by atoms with Crippen molar-refractivity contribution < 1.29 is 14.2 Å². The summed E-state index contributed by atoms with van der Waals surface area (Å²) < 4.78 is 17.0. The van der Waals surface area contributed by atoms with Crippen molar-refractivity contribution in [2.45, 2.75) is 40.0 Å². The first-order chi connectivity index (χ1) is 14.7. The number of hydrogen-bond acceptors (Lipinski definition) is 6. The minimum absolute atomic E-state index is 0.282. The fourth-order valence-electron chi connectivity index (χ4n) is 2.82. The average Bonchev–Trinajstić information content (AvgIpc) is 2.80. The third-order valence-corrected chi connectivity index (χ3v) is 4.30. The van der Waals surface area contributed by atoms with Crippen molar-refractivity contribution in [1.82, 2.24) is 15.2 Å². The lowest BCUT2D eigenvalue weighted by molar-refractivity contribution is 0.288. The lowest BCUT2D eigenvalue weighted by atomic mass is 10.0. The highest BCUT2D eigenvalue weighted by atomic mass is 16.5. The Bertz CT molecular complexity index is 912. The van der Waals surface area contributed by atoms with Gasteiger partial charge in [-0.05, 0) is 67.8 Å². The highest BCUT2D eigenvalue weighted by Crippen LogP contribution is 2.31. The minimum atomic E-state index is 0.282. The standard InChI is InChI=1S/C24H29N3O3/c1-4-15-28-20-11-7-18(8-12-20)22-23(26-27-24(25-22)30-17-6-3)19-9-13-21(14-10-19)29-16-5-2/h7-14H,4-6,15-17H2,1-3H3. The van der Waals surface area contributed by atoms with Gasteiger partial charge in [-0.1, -0.05) is 25.9 Å². The second kappa shape index (κ2) is 11.1. The van der Waals surface area contributed by atoms with E-state index in [4.69, 9.17) is 14.2 Å². The van der Waals surface area contributed by atoms with Gasteiger partial charge in [0.2, 0.25) is 0 Å². The van der Waals surface area contributed by atoms with Crippen molar-refractivity contribution in [3.8, 4) is 40.0 Å². The second-order valence-electron chi connectivity index (χ2n) is 6.89. The Hall–Kier alpha value is -3.15. The van der Waals surface area contributed by atoms with Crippen LogP contribution < -0.4 is 14.2 Å². The average molecular weight is 408 g/mol. The first kappa shape index (κ1) is 21.6. The summed E-state index contributed by atoms with van der Waals surface area (Å²) in [5.74, 6) is 1.67. The second-order valence-corrected chi connectivity index (χ2v) is 6.89. The molecule has 1 aromatic heterocycles. The number of rotatable bonds is 11. The Morgan fingerprint density at radius 3 is 1.53 bits per heavy atom. The van der Waals surface area contributed by atoms with E-state index in [1.54, 1.807) is 0 Å². The number of benzene rings is 2. The minimum Gasteiger partial charge on any atom is -0.494 e. The van der Waals surface area contributed by atoms with Crippen LogP contribution >= 0.6 is 0 Å². The quantitative estimate of drug-likeness (QED) is 0.414. The first-order valence-corrected chi connectivity index (χ1v) is 10.6. The van der Waals surface area contributed by atoms with E-state index in [-0.39, 0.29) is 6.01 Å². The number of ether oxygens (including phenoxy) is 3. The fourth-order valence-corrected chi connectivity index (χ4v) is 2.82. The maximum Gasteiger partial charge on any atom is 0.336 e. The van der Waals surface area contributed by atoms with Crippen LogP contribution in [0, 0.1) is 0 Å². The number of nitrogens with zero attached hydrogens (tertiary/aromatic N) is 3. The maximum atomic E-state index is 5.70. The van der Waals surface area contributed by atoms with Crippen LogP contribution in [-0.4, -0.2) is 35.0 Å². The molecule has 0 atom stereocenters. The van der Waals surface area contributed by atoms with Gasteiger partial charge in [0.25, 0.3) is 0 Å². The number of hydrogen-bond donors (Lipinski definition) is 0. The molecule has 0 aliphatic carbocycles. The van der Waals surface area contributed by atoms with Crippen molar-refractivity contribution in [2.75, 3.05) is 19.8 Å². The number of aromatic nitrogens is 3. The zero-order valence-corrected chi connectivity index (χ0v) is 17.9. The van der Waals surface area contributed by atoms with Crippen LogP contribution in [0.1, 0.15) is 40.0 Å². The van der Waals surface area contributed by atoms with E-state index < -0.39 is 0 Å². The Morgan fingerprint density at radius 1 is 0.567 bits per heavy atom. The van der Waals surface area contributed by atoms with Crippen LogP contribution in [0.5, 0.6) is 17.5 Å². The van der Waals surface area contributed by atoms with E-state index in [9.17, 15) is 0 Å². The Balaban J connectivity index is 1.94. The van der Waals surface area contributed by atoms with Crippen LogP contribution in [-0.2, 0) is 0 Å². The molecule has 0 saturated carbocycles. The molecule has 6 nitrogen and oxygen atoms in total. The predicted octanol–water partition coefficient (Wildman–Crippen LogP) is 5.57. The van der Waals surface area contributed by atoms with Crippen LogP contribution in [0.25, 0.3) is 22.5 Å². The molecule has 0 fully saturated rings. The monoisotopic (exact) mass is 407 g/mol. The molecule has 6 heteroatoms. The predicted molar refractivity (Wildman–Crippen MR) is 118 cm³/mol. The van der Waals surface area contributed by atoms with Gasteiger partial charge in [0, 0.05) is 11.1 Å². The molecule has 0 N–H and O–H groups in total.